The molecule has 5 heteroatoms. The molecule has 0 bridgehead atoms. The van der Waals surface area contributed by atoms with Crippen LogP contribution >= 0.6 is 0 Å². The molecule has 2 amide bonds. The fraction of sp³-hybridized carbons (Fsp3) is 0.278. The minimum absolute atomic E-state index is 0.147. The second-order valence-corrected chi connectivity index (χ2v) is 5.56. The smallest absolute Gasteiger partial charge is 0.276 e. The zero-order chi connectivity index (χ0) is 16.2. The van der Waals surface area contributed by atoms with Gasteiger partial charge >= 0.3 is 0 Å². The summed E-state index contributed by atoms with van der Waals surface area (Å²) in [5.74, 6) is -0.355. The predicted octanol–water partition coefficient (Wildman–Crippen LogP) is 2.64. The van der Waals surface area contributed by atoms with Crippen molar-refractivity contribution in [1.29, 1.82) is 0 Å². The van der Waals surface area contributed by atoms with Crippen LogP contribution < -0.4 is 10.2 Å². The fourth-order valence-electron chi connectivity index (χ4n) is 2.37. The van der Waals surface area contributed by atoms with E-state index in [0.29, 0.717) is 12.1 Å². The van der Waals surface area contributed by atoms with Gasteiger partial charge in [0, 0.05) is 30.0 Å². The third kappa shape index (κ3) is 3.56. The molecule has 0 atom stereocenters. The van der Waals surface area contributed by atoms with Crippen LogP contribution in [0.3, 0.4) is 0 Å². The van der Waals surface area contributed by atoms with Gasteiger partial charge in [-0.25, -0.2) is 0 Å². The number of hydrogen-bond acceptors (Lipinski definition) is 3. The quantitative estimate of drug-likeness (QED) is 0.923. The van der Waals surface area contributed by atoms with Crippen LogP contribution in [0.2, 0.25) is 0 Å². The molecule has 1 aromatic carbocycles. The number of carbonyl (C=O) groups is 2. The summed E-state index contributed by atoms with van der Waals surface area (Å²) in [6.07, 6.45) is 3.56. The van der Waals surface area contributed by atoms with Crippen LogP contribution in [-0.2, 0) is 0 Å². The first kappa shape index (κ1) is 15.2. The summed E-state index contributed by atoms with van der Waals surface area (Å²) in [5, 5.41) is 2.92. The lowest BCUT2D eigenvalue weighted by molar-refractivity contribution is 0.0951. The highest BCUT2D eigenvalue weighted by atomic mass is 16.2. The number of nitrogens with zero attached hydrogens (tertiary/aromatic N) is 2. The van der Waals surface area contributed by atoms with Crippen molar-refractivity contribution in [2.75, 3.05) is 11.4 Å². The first-order chi connectivity index (χ1) is 11.2. The summed E-state index contributed by atoms with van der Waals surface area (Å²) in [7, 11) is 0. The van der Waals surface area contributed by atoms with E-state index in [4.69, 9.17) is 0 Å². The lowest BCUT2D eigenvalue weighted by Crippen LogP contribution is -2.32. The van der Waals surface area contributed by atoms with Crippen molar-refractivity contribution >= 4 is 17.5 Å². The van der Waals surface area contributed by atoms with Gasteiger partial charge in [-0.1, -0.05) is 18.2 Å². The largest absolute Gasteiger partial charge is 0.349 e. The monoisotopic (exact) mass is 309 g/mol. The van der Waals surface area contributed by atoms with Crippen LogP contribution in [0.1, 0.15) is 40.6 Å². The Morgan fingerprint density at radius 1 is 1.22 bits per heavy atom. The van der Waals surface area contributed by atoms with Gasteiger partial charge in [-0.15, -0.1) is 0 Å². The number of rotatable bonds is 5. The number of benzene rings is 1. The van der Waals surface area contributed by atoms with Crippen LogP contribution in [0.25, 0.3) is 0 Å². The third-order valence-electron chi connectivity index (χ3n) is 3.78. The summed E-state index contributed by atoms with van der Waals surface area (Å²) >= 11 is 0. The number of hydrogen-bond donors (Lipinski definition) is 1. The molecule has 1 saturated carbocycles. The van der Waals surface area contributed by atoms with Crippen LogP contribution in [-0.4, -0.2) is 29.4 Å². The Labute approximate surface area is 135 Å². The molecule has 1 aliphatic rings. The molecule has 0 unspecified atom stereocenters. The second-order valence-electron chi connectivity index (χ2n) is 5.56. The van der Waals surface area contributed by atoms with Crippen molar-refractivity contribution in [1.82, 2.24) is 10.3 Å². The van der Waals surface area contributed by atoms with E-state index >= 15 is 0 Å². The van der Waals surface area contributed by atoms with Gasteiger partial charge in [-0.05, 0) is 44.0 Å². The summed E-state index contributed by atoms with van der Waals surface area (Å²) < 4.78 is 0. The molecule has 5 nitrogen and oxygen atoms in total. The van der Waals surface area contributed by atoms with Crippen LogP contribution in [0, 0.1) is 0 Å². The van der Waals surface area contributed by atoms with E-state index in [1.807, 2.05) is 37.3 Å². The van der Waals surface area contributed by atoms with E-state index in [1.165, 1.54) is 6.20 Å². The maximum absolute atomic E-state index is 12.7. The molecule has 1 aliphatic carbocycles. The Morgan fingerprint density at radius 2 is 1.96 bits per heavy atom. The number of pyridine rings is 1. The van der Waals surface area contributed by atoms with Gasteiger partial charge in [-0.3, -0.25) is 14.6 Å². The van der Waals surface area contributed by atoms with E-state index in [0.717, 1.165) is 18.5 Å². The highest BCUT2D eigenvalue weighted by molar-refractivity contribution is 6.06. The molecule has 0 spiro atoms. The van der Waals surface area contributed by atoms with Gasteiger partial charge in [0.2, 0.25) is 0 Å². The number of nitrogens with one attached hydrogen (secondary N) is 1. The Hall–Kier alpha value is -2.69. The Morgan fingerprint density at radius 3 is 2.61 bits per heavy atom. The van der Waals surface area contributed by atoms with Crippen molar-refractivity contribution < 1.29 is 9.59 Å². The molecule has 2 aromatic rings. The van der Waals surface area contributed by atoms with Gasteiger partial charge in [0.25, 0.3) is 11.8 Å². The summed E-state index contributed by atoms with van der Waals surface area (Å²) in [4.78, 5) is 30.6. The van der Waals surface area contributed by atoms with Crippen molar-refractivity contribution in [2.45, 2.75) is 25.8 Å². The van der Waals surface area contributed by atoms with Gasteiger partial charge < -0.3 is 10.2 Å². The molecule has 1 fully saturated rings. The molecule has 1 heterocycles. The van der Waals surface area contributed by atoms with Crippen molar-refractivity contribution in [3.8, 4) is 0 Å². The van der Waals surface area contributed by atoms with E-state index in [1.54, 1.807) is 17.0 Å². The molecular formula is C18H19N3O2. The van der Waals surface area contributed by atoms with E-state index in [-0.39, 0.29) is 23.6 Å². The average Bonchev–Trinajstić information content (AvgIpc) is 3.40. The fourth-order valence-corrected chi connectivity index (χ4v) is 2.37. The SMILES string of the molecule is CCN(C(=O)c1cc(C(=O)NC2CC2)ccn1)c1ccccc1. The first-order valence-electron chi connectivity index (χ1n) is 7.83. The Balaban J connectivity index is 1.82. The van der Waals surface area contributed by atoms with Gasteiger partial charge in [0.05, 0.1) is 0 Å². The lowest BCUT2D eigenvalue weighted by atomic mass is 10.2. The topological polar surface area (TPSA) is 62.3 Å². The van der Waals surface area contributed by atoms with Crippen LogP contribution in [0.5, 0.6) is 0 Å². The summed E-state index contributed by atoms with van der Waals surface area (Å²) in [5.41, 5.74) is 1.56. The molecule has 1 aromatic heterocycles. The standard InChI is InChI=1S/C18H19N3O2/c1-2-21(15-6-4-3-5-7-15)18(23)16-12-13(10-11-19-16)17(22)20-14-8-9-14/h3-7,10-12,14H,2,8-9H2,1H3,(H,20,22). The minimum Gasteiger partial charge on any atom is -0.349 e. The third-order valence-corrected chi connectivity index (χ3v) is 3.78. The minimum atomic E-state index is -0.209. The molecule has 0 saturated heterocycles. The van der Waals surface area contributed by atoms with Crippen molar-refractivity contribution in [2.24, 2.45) is 0 Å². The van der Waals surface area contributed by atoms with Crippen molar-refractivity contribution in [3.05, 3.63) is 59.9 Å². The van der Waals surface area contributed by atoms with Crippen LogP contribution in [0.15, 0.2) is 48.7 Å². The first-order valence-corrected chi connectivity index (χ1v) is 7.83. The Kier molecular flexibility index (Phi) is 4.37. The Bertz CT molecular complexity index is 711. The molecule has 3 rings (SSSR count). The number of carbonyl (C=O) groups excluding carboxylic acids is 2. The summed E-state index contributed by atoms with van der Waals surface area (Å²) in [6, 6.07) is 12.9. The number of amides is 2. The highest BCUT2D eigenvalue weighted by Gasteiger charge is 2.24. The molecule has 23 heavy (non-hydrogen) atoms. The van der Waals surface area contributed by atoms with Gasteiger partial charge in [-0.2, -0.15) is 0 Å². The van der Waals surface area contributed by atoms with Crippen molar-refractivity contribution in [3.63, 3.8) is 0 Å². The maximum Gasteiger partial charge on any atom is 0.276 e. The van der Waals surface area contributed by atoms with Crippen LogP contribution in [0.4, 0.5) is 5.69 Å². The average molecular weight is 309 g/mol. The predicted molar refractivity (Wildman–Crippen MR) is 88.5 cm³/mol. The molecule has 1 N–H and O–H groups in total. The molecule has 118 valence electrons. The highest BCUT2D eigenvalue weighted by Crippen LogP contribution is 2.20. The van der Waals surface area contributed by atoms with E-state index in [9.17, 15) is 9.59 Å². The lowest BCUT2D eigenvalue weighted by Gasteiger charge is -2.20. The molecule has 0 radical (unpaired) electrons. The van der Waals surface area contributed by atoms with Gasteiger partial charge in [0.15, 0.2) is 0 Å². The number of aromatic nitrogens is 1. The van der Waals surface area contributed by atoms with E-state index in [2.05, 4.69) is 10.3 Å². The zero-order valence-electron chi connectivity index (χ0n) is 13.0. The number of para-hydroxylation sites is 1. The number of anilines is 1. The normalized spacial score (nSPS) is 13.4. The maximum atomic E-state index is 12.7. The zero-order valence-corrected chi connectivity index (χ0v) is 13.0. The van der Waals surface area contributed by atoms with E-state index < -0.39 is 0 Å². The second kappa shape index (κ2) is 6.60. The summed E-state index contributed by atoms with van der Waals surface area (Å²) in [6.45, 7) is 2.44. The molecule has 0 aliphatic heterocycles. The molecular weight excluding hydrogens is 290 g/mol. The van der Waals surface area contributed by atoms with Gasteiger partial charge in [0.1, 0.15) is 5.69 Å².